The van der Waals surface area contributed by atoms with Crippen LogP contribution in [-0.4, -0.2) is 29.4 Å². The van der Waals surface area contributed by atoms with E-state index in [1.54, 1.807) is 0 Å². The van der Waals surface area contributed by atoms with Gasteiger partial charge in [-0.1, -0.05) is 35.2 Å². The van der Waals surface area contributed by atoms with Crippen molar-refractivity contribution in [2.45, 2.75) is 58.4 Å². The second kappa shape index (κ2) is 7.38. The minimum absolute atomic E-state index is 0.456. The van der Waals surface area contributed by atoms with Crippen LogP contribution in [0.3, 0.4) is 0 Å². The maximum atomic E-state index is 8.74. The molecule has 0 atom stereocenters. The van der Waals surface area contributed by atoms with Gasteiger partial charge in [-0.05, 0) is 32.1 Å². The zero-order chi connectivity index (χ0) is 12.7. The lowest BCUT2D eigenvalue weighted by atomic mass is 9.75. The quantitative estimate of drug-likeness (QED) is 0.694. The summed E-state index contributed by atoms with van der Waals surface area (Å²) in [6, 6.07) is 2.81. The van der Waals surface area contributed by atoms with Gasteiger partial charge < -0.3 is 0 Å². The number of nitriles is 1. The predicted molar refractivity (Wildman–Crippen MR) is 76.3 cm³/mol. The SMILES string of the molecule is CC(C)N(CCC#N)CC1(CBr)CCCCC1. The maximum Gasteiger partial charge on any atom is 0.0635 e. The van der Waals surface area contributed by atoms with Crippen LogP contribution in [0.4, 0.5) is 0 Å². The third kappa shape index (κ3) is 4.60. The molecule has 0 aromatic rings. The van der Waals surface area contributed by atoms with E-state index in [4.69, 9.17) is 5.26 Å². The van der Waals surface area contributed by atoms with Crippen LogP contribution >= 0.6 is 15.9 Å². The minimum atomic E-state index is 0.456. The van der Waals surface area contributed by atoms with E-state index < -0.39 is 0 Å². The van der Waals surface area contributed by atoms with Crippen molar-refractivity contribution in [2.24, 2.45) is 5.41 Å². The number of rotatable bonds is 6. The minimum Gasteiger partial charge on any atom is -0.299 e. The van der Waals surface area contributed by atoms with Crippen LogP contribution in [0, 0.1) is 16.7 Å². The molecule has 1 fully saturated rings. The topological polar surface area (TPSA) is 27.0 Å². The van der Waals surface area contributed by atoms with E-state index in [0.29, 0.717) is 17.9 Å². The first-order chi connectivity index (χ1) is 8.13. The molecule has 0 spiro atoms. The third-order valence-corrected chi connectivity index (χ3v) is 5.17. The second-order valence-electron chi connectivity index (χ2n) is 5.67. The summed E-state index contributed by atoms with van der Waals surface area (Å²) in [6.07, 6.45) is 7.47. The van der Waals surface area contributed by atoms with Crippen LogP contribution in [0.5, 0.6) is 0 Å². The van der Waals surface area contributed by atoms with Gasteiger partial charge in [-0.3, -0.25) is 4.90 Å². The number of hydrogen-bond acceptors (Lipinski definition) is 2. The molecule has 0 aromatic heterocycles. The van der Waals surface area contributed by atoms with E-state index in [1.807, 2.05) is 0 Å². The molecule has 1 aliphatic rings. The van der Waals surface area contributed by atoms with Gasteiger partial charge in [0.15, 0.2) is 0 Å². The summed E-state index contributed by atoms with van der Waals surface area (Å²) in [5.41, 5.74) is 0.456. The Morgan fingerprint density at radius 2 is 1.94 bits per heavy atom. The molecule has 0 unspecified atom stereocenters. The lowest BCUT2D eigenvalue weighted by Gasteiger charge is -2.41. The van der Waals surface area contributed by atoms with Crippen LogP contribution < -0.4 is 0 Å². The fraction of sp³-hybridized carbons (Fsp3) is 0.929. The molecule has 0 N–H and O–H groups in total. The van der Waals surface area contributed by atoms with Gasteiger partial charge in [-0.15, -0.1) is 0 Å². The van der Waals surface area contributed by atoms with Gasteiger partial charge >= 0.3 is 0 Å². The molecule has 0 aliphatic heterocycles. The van der Waals surface area contributed by atoms with E-state index in [9.17, 15) is 0 Å². The van der Waals surface area contributed by atoms with Gasteiger partial charge in [0.2, 0.25) is 0 Å². The lowest BCUT2D eigenvalue weighted by molar-refractivity contribution is 0.106. The third-order valence-electron chi connectivity index (χ3n) is 3.98. The highest BCUT2D eigenvalue weighted by atomic mass is 79.9. The molecule has 0 heterocycles. The van der Waals surface area contributed by atoms with Gasteiger partial charge in [0.25, 0.3) is 0 Å². The van der Waals surface area contributed by atoms with Gasteiger partial charge in [0.05, 0.1) is 6.07 Å². The molecule has 1 aliphatic carbocycles. The maximum absolute atomic E-state index is 8.74. The van der Waals surface area contributed by atoms with E-state index >= 15 is 0 Å². The molecule has 98 valence electrons. The normalized spacial score (nSPS) is 19.5. The van der Waals surface area contributed by atoms with E-state index in [-0.39, 0.29) is 0 Å². The Labute approximate surface area is 114 Å². The van der Waals surface area contributed by atoms with E-state index in [0.717, 1.165) is 18.4 Å². The van der Waals surface area contributed by atoms with Crippen LogP contribution in [0.2, 0.25) is 0 Å². The molecule has 17 heavy (non-hydrogen) atoms. The molecule has 0 amide bonds. The average Bonchev–Trinajstić information content (AvgIpc) is 2.35. The van der Waals surface area contributed by atoms with Gasteiger partial charge in [-0.2, -0.15) is 5.26 Å². The van der Waals surface area contributed by atoms with Crippen molar-refractivity contribution in [1.29, 1.82) is 5.26 Å². The Hall–Kier alpha value is -0.0700. The summed E-state index contributed by atoms with van der Waals surface area (Å²) < 4.78 is 0. The zero-order valence-electron chi connectivity index (χ0n) is 11.2. The Morgan fingerprint density at radius 1 is 1.29 bits per heavy atom. The summed E-state index contributed by atoms with van der Waals surface area (Å²) in [4.78, 5) is 2.48. The highest BCUT2D eigenvalue weighted by Gasteiger charge is 2.33. The Balaban J connectivity index is 2.59. The molecule has 1 saturated carbocycles. The summed E-state index contributed by atoms with van der Waals surface area (Å²) in [5.74, 6) is 0. The Morgan fingerprint density at radius 3 is 2.41 bits per heavy atom. The molecule has 0 radical (unpaired) electrons. The number of halogens is 1. The van der Waals surface area contributed by atoms with Crippen LogP contribution in [-0.2, 0) is 0 Å². The second-order valence-corrected chi connectivity index (χ2v) is 6.23. The van der Waals surface area contributed by atoms with Gasteiger partial charge in [-0.25, -0.2) is 0 Å². The fourth-order valence-corrected chi connectivity index (χ4v) is 3.52. The summed E-state index contributed by atoms with van der Waals surface area (Å²) >= 11 is 3.72. The molecular weight excluding hydrogens is 276 g/mol. The van der Waals surface area contributed by atoms with Gasteiger partial charge in [0.1, 0.15) is 0 Å². The number of nitrogens with zero attached hydrogens (tertiary/aromatic N) is 2. The zero-order valence-corrected chi connectivity index (χ0v) is 12.8. The van der Waals surface area contributed by atoms with Crippen molar-refractivity contribution < 1.29 is 0 Å². The number of alkyl halides is 1. The highest BCUT2D eigenvalue weighted by Crippen LogP contribution is 2.38. The smallest absolute Gasteiger partial charge is 0.0635 e. The average molecular weight is 301 g/mol. The van der Waals surface area contributed by atoms with Crippen LogP contribution in [0.15, 0.2) is 0 Å². The Kier molecular flexibility index (Phi) is 6.51. The summed E-state index contributed by atoms with van der Waals surface area (Å²) in [6.45, 7) is 6.55. The fourth-order valence-electron chi connectivity index (χ4n) is 2.78. The van der Waals surface area contributed by atoms with Crippen LogP contribution in [0.1, 0.15) is 52.4 Å². The van der Waals surface area contributed by atoms with Gasteiger partial charge in [0, 0.05) is 30.9 Å². The van der Waals surface area contributed by atoms with E-state index in [1.165, 1.54) is 32.1 Å². The van der Waals surface area contributed by atoms with Crippen LogP contribution in [0.25, 0.3) is 0 Å². The summed E-state index contributed by atoms with van der Waals surface area (Å²) in [5, 5.41) is 9.85. The Bertz CT molecular complexity index is 251. The first-order valence-corrected chi connectivity index (χ1v) is 7.93. The van der Waals surface area contributed by atoms with Crippen molar-refractivity contribution in [3.63, 3.8) is 0 Å². The molecule has 1 rings (SSSR count). The first-order valence-electron chi connectivity index (χ1n) is 6.80. The van der Waals surface area contributed by atoms with Crippen molar-refractivity contribution in [3.05, 3.63) is 0 Å². The van der Waals surface area contributed by atoms with Crippen molar-refractivity contribution >= 4 is 15.9 Å². The monoisotopic (exact) mass is 300 g/mol. The van der Waals surface area contributed by atoms with E-state index in [2.05, 4.69) is 40.7 Å². The first kappa shape index (κ1) is 15.0. The van der Waals surface area contributed by atoms with Crippen molar-refractivity contribution in [3.8, 4) is 6.07 Å². The standard InChI is InChI=1S/C14H25BrN2/c1-13(2)17(10-6-9-16)12-14(11-15)7-4-3-5-8-14/h13H,3-8,10-12H2,1-2H3. The largest absolute Gasteiger partial charge is 0.299 e. The summed E-state index contributed by atoms with van der Waals surface area (Å²) in [7, 11) is 0. The molecule has 3 heteroatoms. The molecule has 2 nitrogen and oxygen atoms in total. The number of hydrogen-bond donors (Lipinski definition) is 0. The van der Waals surface area contributed by atoms with Crippen molar-refractivity contribution in [2.75, 3.05) is 18.4 Å². The predicted octanol–water partition coefficient (Wildman–Crippen LogP) is 3.96. The highest BCUT2D eigenvalue weighted by molar-refractivity contribution is 9.09. The molecule has 0 bridgehead atoms. The molecule has 0 aromatic carbocycles. The molecule has 0 saturated heterocycles. The van der Waals surface area contributed by atoms with Crippen molar-refractivity contribution in [1.82, 2.24) is 4.90 Å². The lowest BCUT2D eigenvalue weighted by Crippen LogP contribution is -2.43. The molecular formula is C14H25BrN2.